The third kappa shape index (κ3) is 4.35. The Morgan fingerprint density at radius 1 is 0.931 bits per heavy atom. The van der Waals surface area contributed by atoms with Crippen LogP contribution in [-0.2, 0) is 7.05 Å². The van der Waals surface area contributed by atoms with Crippen molar-refractivity contribution in [1.82, 2.24) is 14.9 Å². The van der Waals surface area contributed by atoms with Gasteiger partial charge in [-0.3, -0.25) is 4.79 Å². The molecule has 29 heavy (non-hydrogen) atoms. The third-order valence-corrected chi connectivity index (χ3v) is 4.60. The Morgan fingerprint density at radius 3 is 2.31 bits per heavy atom. The lowest BCUT2D eigenvalue weighted by molar-refractivity contribution is 0.0941. The van der Waals surface area contributed by atoms with Crippen LogP contribution in [0.15, 0.2) is 97.3 Å². The molecule has 0 unspecified atom stereocenters. The van der Waals surface area contributed by atoms with Crippen molar-refractivity contribution in [2.24, 2.45) is 7.05 Å². The van der Waals surface area contributed by atoms with Gasteiger partial charge in [0, 0.05) is 25.0 Å². The summed E-state index contributed by atoms with van der Waals surface area (Å²) >= 11 is 0. The van der Waals surface area contributed by atoms with Crippen molar-refractivity contribution < 1.29 is 9.53 Å². The summed E-state index contributed by atoms with van der Waals surface area (Å²) in [5.41, 5.74) is 1.49. The van der Waals surface area contributed by atoms with Crippen molar-refractivity contribution in [2.75, 3.05) is 0 Å². The lowest BCUT2D eigenvalue weighted by atomic mass is 10.1. The van der Waals surface area contributed by atoms with Crippen LogP contribution in [0.4, 0.5) is 0 Å². The second-order valence-electron chi connectivity index (χ2n) is 6.66. The molecule has 0 aliphatic rings. The molecule has 5 heteroatoms. The zero-order valence-electron chi connectivity index (χ0n) is 16.0. The van der Waals surface area contributed by atoms with Crippen LogP contribution in [0.3, 0.4) is 0 Å². The highest BCUT2D eigenvalue weighted by molar-refractivity contribution is 5.95. The number of amides is 1. The van der Waals surface area contributed by atoms with Gasteiger partial charge in [-0.15, -0.1) is 0 Å². The Morgan fingerprint density at radius 2 is 1.62 bits per heavy atom. The second kappa shape index (κ2) is 8.44. The van der Waals surface area contributed by atoms with Gasteiger partial charge >= 0.3 is 0 Å². The molecule has 0 saturated carbocycles. The standard InChI is InChI=1S/C24H21N3O2/c1-27-16-15-25-23(27)22(18-9-4-2-5-10-18)26-24(28)19-11-8-14-21(17-19)29-20-12-6-3-7-13-20/h2-17,22H,1H3,(H,26,28)/t22-/m0/s1. The van der Waals surface area contributed by atoms with Gasteiger partial charge in [-0.1, -0.05) is 54.6 Å². The molecular formula is C24H21N3O2. The van der Waals surface area contributed by atoms with Gasteiger partial charge in [-0.2, -0.15) is 0 Å². The first-order chi connectivity index (χ1) is 14.2. The fraction of sp³-hybridized carbons (Fsp3) is 0.0833. The second-order valence-corrected chi connectivity index (χ2v) is 6.66. The summed E-state index contributed by atoms with van der Waals surface area (Å²) in [6, 6.07) is 26.1. The van der Waals surface area contributed by atoms with Crippen molar-refractivity contribution >= 4 is 5.91 Å². The maximum atomic E-state index is 13.0. The molecule has 0 bridgehead atoms. The Hall–Kier alpha value is -3.86. The number of rotatable bonds is 6. The number of carbonyl (C=O) groups is 1. The summed E-state index contributed by atoms with van der Waals surface area (Å²) in [5, 5.41) is 3.11. The molecule has 0 aliphatic carbocycles. The average molecular weight is 383 g/mol. The van der Waals surface area contributed by atoms with Gasteiger partial charge < -0.3 is 14.6 Å². The van der Waals surface area contributed by atoms with E-state index in [0.717, 1.165) is 17.1 Å². The van der Waals surface area contributed by atoms with E-state index < -0.39 is 0 Å². The zero-order valence-corrected chi connectivity index (χ0v) is 16.0. The first-order valence-corrected chi connectivity index (χ1v) is 9.37. The molecular weight excluding hydrogens is 362 g/mol. The fourth-order valence-corrected chi connectivity index (χ4v) is 3.14. The highest BCUT2D eigenvalue weighted by Crippen LogP contribution is 2.24. The minimum atomic E-state index is -0.359. The number of aromatic nitrogens is 2. The number of hydrogen-bond acceptors (Lipinski definition) is 3. The van der Waals surface area contributed by atoms with Crippen LogP contribution in [-0.4, -0.2) is 15.5 Å². The molecule has 0 saturated heterocycles. The number of hydrogen-bond donors (Lipinski definition) is 1. The number of nitrogens with zero attached hydrogens (tertiary/aromatic N) is 2. The Balaban J connectivity index is 1.58. The molecule has 4 aromatic rings. The number of carbonyl (C=O) groups excluding carboxylic acids is 1. The summed E-state index contributed by atoms with van der Waals surface area (Å²) in [4.78, 5) is 17.5. The lowest BCUT2D eigenvalue weighted by Crippen LogP contribution is -2.31. The largest absolute Gasteiger partial charge is 0.457 e. The van der Waals surface area contributed by atoms with E-state index in [2.05, 4.69) is 10.3 Å². The van der Waals surface area contributed by atoms with E-state index in [-0.39, 0.29) is 11.9 Å². The summed E-state index contributed by atoms with van der Waals surface area (Å²) in [6.45, 7) is 0. The molecule has 144 valence electrons. The SMILES string of the molecule is Cn1ccnc1[C@@H](NC(=O)c1cccc(Oc2ccccc2)c1)c1ccccc1. The number of imidazole rings is 1. The Kier molecular flexibility index (Phi) is 5.38. The van der Waals surface area contributed by atoms with Crippen LogP contribution in [0, 0.1) is 0 Å². The summed E-state index contributed by atoms with van der Waals surface area (Å²) in [7, 11) is 1.92. The predicted octanol–water partition coefficient (Wildman–Crippen LogP) is 4.73. The van der Waals surface area contributed by atoms with Crippen LogP contribution >= 0.6 is 0 Å². The molecule has 1 atom stereocenters. The number of benzene rings is 3. The van der Waals surface area contributed by atoms with Crippen LogP contribution in [0.2, 0.25) is 0 Å². The topological polar surface area (TPSA) is 56.2 Å². The zero-order chi connectivity index (χ0) is 20.1. The van der Waals surface area contributed by atoms with Crippen molar-refractivity contribution in [3.05, 3.63) is 114 Å². The van der Waals surface area contributed by atoms with E-state index in [1.54, 1.807) is 18.3 Å². The van der Waals surface area contributed by atoms with Gasteiger partial charge in [0.05, 0.1) is 0 Å². The van der Waals surface area contributed by atoms with Crippen molar-refractivity contribution in [3.63, 3.8) is 0 Å². The average Bonchev–Trinajstić information content (AvgIpc) is 3.19. The minimum Gasteiger partial charge on any atom is -0.457 e. The van der Waals surface area contributed by atoms with Gasteiger partial charge in [0.2, 0.25) is 0 Å². The van der Waals surface area contributed by atoms with Crippen LogP contribution in [0.5, 0.6) is 11.5 Å². The first kappa shape index (κ1) is 18.5. The maximum Gasteiger partial charge on any atom is 0.252 e. The van der Waals surface area contributed by atoms with Crippen molar-refractivity contribution in [3.8, 4) is 11.5 Å². The minimum absolute atomic E-state index is 0.194. The van der Waals surface area contributed by atoms with E-state index in [1.807, 2.05) is 90.6 Å². The van der Waals surface area contributed by atoms with Crippen LogP contribution in [0.1, 0.15) is 27.8 Å². The molecule has 3 aromatic carbocycles. The monoisotopic (exact) mass is 383 g/mol. The fourth-order valence-electron chi connectivity index (χ4n) is 3.14. The molecule has 0 radical (unpaired) electrons. The summed E-state index contributed by atoms with van der Waals surface area (Å²) in [5.74, 6) is 1.90. The normalized spacial score (nSPS) is 11.6. The van der Waals surface area contributed by atoms with Crippen LogP contribution < -0.4 is 10.1 Å². The molecule has 4 rings (SSSR count). The lowest BCUT2D eigenvalue weighted by Gasteiger charge is -2.19. The molecule has 0 fully saturated rings. The predicted molar refractivity (Wildman–Crippen MR) is 112 cm³/mol. The van der Waals surface area contributed by atoms with E-state index in [4.69, 9.17) is 4.74 Å². The summed E-state index contributed by atoms with van der Waals surface area (Å²) in [6.07, 6.45) is 3.59. The summed E-state index contributed by atoms with van der Waals surface area (Å²) < 4.78 is 7.76. The van der Waals surface area contributed by atoms with Crippen molar-refractivity contribution in [2.45, 2.75) is 6.04 Å². The van der Waals surface area contributed by atoms with Gasteiger partial charge in [0.25, 0.3) is 5.91 Å². The van der Waals surface area contributed by atoms with E-state index in [9.17, 15) is 4.79 Å². The number of nitrogens with one attached hydrogen (secondary N) is 1. The quantitative estimate of drug-likeness (QED) is 0.524. The van der Waals surface area contributed by atoms with Gasteiger partial charge in [0.1, 0.15) is 23.4 Å². The van der Waals surface area contributed by atoms with Gasteiger partial charge in [-0.25, -0.2) is 4.98 Å². The third-order valence-electron chi connectivity index (χ3n) is 4.60. The van der Waals surface area contributed by atoms with Crippen LogP contribution in [0.25, 0.3) is 0 Å². The molecule has 5 nitrogen and oxygen atoms in total. The van der Waals surface area contributed by atoms with Crippen molar-refractivity contribution in [1.29, 1.82) is 0 Å². The van der Waals surface area contributed by atoms with Gasteiger partial charge in [0.15, 0.2) is 0 Å². The highest BCUT2D eigenvalue weighted by Gasteiger charge is 2.21. The van der Waals surface area contributed by atoms with E-state index in [0.29, 0.717) is 11.3 Å². The number of ether oxygens (including phenoxy) is 1. The van der Waals surface area contributed by atoms with Gasteiger partial charge in [-0.05, 0) is 35.9 Å². The first-order valence-electron chi connectivity index (χ1n) is 9.37. The molecule has 1 aromatic heterocycles. The Bertz CT molecular complexity index is 1090. The number of aryl methyl sites for hydroxylation is 1. The smallest absolute Gasteiger partial charge is 0.252 e. The molecule has 1 amide bonds. The highest BCUT2D eigenvalue weighted by atomic mass is 16.5. The maximum absolute atomic E-state index is 13.0. The molecule has 1 heterocycles. The van der Waals surface area contributed by atoms with E-state index >= 15 is 0 Å². The number of para-hydroxylation sites is 1. The Labute approximate surface area is 169 Å². The molecule has 1 N–H and O–H groups in total. The van der Waals surface area contributed by atoms with E-state index in [1.165, 1.54) is 0 Å². The molecule has 0 aliphatic heterocycles. The molecule has 0 spiro atoms.